The predicted molar refractivity (Wildman–Crippen MR) is 90.8 cm³/mol. The Morgan fingerprint density at radius 2 is 1.91 bits per heavy atom. The van der Waals surface area contributed by atoms with Gasteiger partial charge >= 0.3 is 5.97 Å². The van der Waals surface area contributed by atoms with E-state index in [1.54, 1.807) is 25.3 Å². The first-order valence-electron chi connectivity index (χ1n) is 7.38. The standard InChI is InChI=1S/C19H20O4/c1-4-23-18-8-6-5-7-15(18)12-16(19(20)21)14-9-10-17(22-3)13(2)11-14/h5-12H,4H2,1-3H3,(H,20,21)/b16-12-. The molecule has 0 aliphatic rings. The molecule has 4 nitrogen and oxygen atoms in total. The second-order valence-electron chi connectivity index (χ2n) is 5.02. The van der Waals surface area contributed by atoms with Crippen molar-refractivity contribution in [2.75, 3.05) is 13.7 Å². The highest BCUT2D eigenvalue weighted by Gasteiger charge is 2.13. The normalized spacial score (nSPS) is 11.2. The quantitative estimate of drug-likeness (QED) is 0.646. The highest BCUT2D eigenvalue weighted by Crippen LogP contribution is 2.28. The number of aryl methyl sites for hydroxylation is 1. The molecule has 0 saturated carbocycles. The highest BCUT2D eigenvalue weighted by molar-refractivity contribution is 6.20. The fraction of sp³-hybridized carbons (Fsp3) is 0.211. The number of rotatable bonds is 6. The van der Waals surface area contributed by atoms with Gasteiger partial charge in [-0.05, 0) is 49.2 Å². The van der Waals surface area contributed by atoms with E-state index in [1.807, 2.05) is 44.2 Å². The van der Waals surface area contributed by atoms with E-state index in [1.165, 1.54) is 0 Å². The Balaban J connectivity index is 2.51. The van der Waals surface area contributed by atoms with Crippen LogP contribution < -0.4 is 9.47 Å². The zero-order valence-electron chi connectivity index (χ0n) is 13.5. The molecule has 4 heteroatoms. The predicted octanol–water partition coefficient (Wildman–Crippen LogP) is 4.03. The summed E-state index contributed by atoms with van der Waals surface area (Å²) in [5.74, 6) is 0.410. The Kier molecular flexibility index (Phi) is 5.41. The van der Waals surface area contributed by atoms with Crippen LogP contribution in [0.15, 0.2) is 42.5 Å². The average molecular weight is 312 g/mol. The van der Waals surface area contributed by atoms with Gasteiger partial charge in [0.1, 0.15) is 11.5 Å². The molecule has 0 aliphatic carbocycles. The minimum absolute atomic E-state index is 0.211. The third kappa shape index (κ3) is 3.92. The van der Waals surface area contributed by atoms with Crippen LogP contribution >= 0.6 is 0 Å². The van der Waals surface area contributed by atoms with E-state index in [9.17, 15) is 9.90 Å². The molecule has 120 valence electrons. The van der Waals surface area contributed by atoms with Crippen LogP contribution in [0.1, 0.15) is 23.6 Å². The van der Waals surface area contributed by atoms with Crippen molar-refractivity contribution in [2.45, 2.75) is 13.8 Å². The second kappa shape index (κ2) is 7.49. The third-order valence-corrected chi connectivity index (χ3v) is 3.45. The van der Waals surface area contributed by atoms with Crippen LogP contribution in [0, 0.1) is 6.92 Å². The van der Waals surface area contributed by atoms with Crippen LogP contribution in [0.5, 0.6) is 11.5 Å². The zero-order chi connectivity index (χ0) is 16.8. The van der Waals surface area contributed by atoms with Gasteiger partial charge < -0.3 is 14.6 Å². The number of carboxylic acids is 1. The van der Waals surface area contributed by atoms with Crippen LogP contribution in [-0.4, -0.2) is 24.8 Å². The van der Waals surface area contributed by atoms with Gasteiger partial charge in [0.15, 0.2) is 0 Å². The fourth-order valence-electron chi connectivity index (χ4n) is 2.36. The van der Waals surface area contributed by atoms with E-state index in [-0.39, 0.29) is 5.57 Å². The molecule has 0 aromatic heterocycles. The Morgan fingerprint density at radius 3 is 2.52 bits per heavy atom. The Hall–Kier alpha value is -2.75. The summed E-state index contributed by atoms with van der Waals surface area (Å²) in [5, 5.41) is 9.59. The van der Waals surface area contributed by atoms with Crippen LogP contribution in [0.3, 0.4) is 0 Å². The van der Waals surface area contributed by atoms with Crippen molar-refractivity contribution in [3.63, 3.8) is 0 Å². The monoisotopic (exact) mass is 312 g/mol. The maximum absolute atomic E-state index is 11.7. The van der Waals surface area contributed by atoms with Crippen LogP contribution in [0.25, 0.3) is 11.6 Å². The molecule has 1 N–H and O–H groups in total. The Bertz CT molecular complexity index is 732. The first-order valence-corrected chi connectivity index (χ1v) is 7.38. The number of hydrogen-bond donors (Lipinski definition) is 1. The lowest BCUT2D eigenvalue weighted by molar-refractivity contribution is -0.130. The number of aliphatic carboxylic acids is 1. The van der Waals surface area contributed by atoms with Crippen molar-refractivity contribution < 1.29 is 19.4 Å². The summed E-state index contributed by atoms with van der Waals surface area (Å²) in [6, 6.07) is 12.7. The maximum atomic E-state index is 11.7. The van der Waals surface area contributed by atoms with Crippen LogP contribution in [0.2, 0.25) is 0 Å². The summed E-state index contributed by atoms with van der Waals surface area (Å²) in [6.07, 6.45) is 1.63. The molecular weight excluding hydrogens is 292 g/mol. The van der Waals surface area contributed by atoms with Crippen LogP contribution in [-0.2, 0) is 4.79 Å². The molecule has 0 aliphatic heterocycles. The van der Waals surface area contributed by atoms with Crippen molar-refractivity contribution in [3.05, 3.63) is 59.2 Å². The van der Waals surface area contributed by atoms with Gasteiger partial charge in [-0.1, -0.05) is 24.3 Å². The van der Waals surface area contributed by atoms with Gasteiger partial charge in [0.2, 0.25) is 0 Å². The van der Waals surface area contributed by atoms with Gasteiger partial charge in [-0.15, -0.1) is 0 Å². The molecule has 2 rings (SSSR count). The van der Waals surface area contributed by atoms with Gasteiger partial charge in [0.25, 0.3) is 0 Å². The van der Waals surface area contributed by atoms with Gasteiger partial charge in [-0.25, -0.2) is 4.79 Å². The molecule has 23 heavy (non-hydrogen) atoms. The number of carbonyl (C=O) groups is 1. The zero-order valence-corrected chi connectivity index (χ0v) is 13.5. The SMILES string of the molecule is CCOc1ccccc1/C=C(\C(=O)O)c1ccc(OC)c(C)c1. The minimum atomic E-state index is -0.985. The Labute approximate surface area is 136 Å². The summed E-state index contributed by atoms with van der Waals surface area (Å²) in [6.45, 7) is 4.30. The molecule has 2 aromatic carbocycles. The van der Waals surface area contributed by atoms with Gasteiger partial charge in [-0.3, -0.25) is 0 Å². The first-order chi connectivity index (χ1) is 11.1. The van der Waals surface area contributed by atoms with Crippen molar-refractivity contribution in [1.29, 1.82) is 0 Å². The molecule has 0 bridgehead atoms. The summed E-state index contributed by atoms with van der Waals surface area (Å²) in [5.41, 5.74) is 2.46. The number of methoxy groups -OCH3 is 1. The maximum Gasteiger partial charge on any atom is 0.336 e. The molecule has 0 amide bonds. The lowest BCUT2D eigenvalue weighted by Crippen LogP contribution is -2.01. The summed E-state index contributed by atoms with van der Waals surface area (Å²) < 4.78 is 10.8. The van der Waals surface area contributed by atoms with Crippen LogP contribution in [0.4, 0.5) is 0 Å². The number of benzene rings is 2. The lowest BCUT2D eigenvalue weighted by atomic mass is 10.00. The number of para-hydroxylation sites is 1. The summed E-state index contributed by atoms with van der Waals surface area (Å²) >= 11 is 0. The molecule has 0 heterocycles. The van der Waals surface area contributed by atoms with Crippen molar-refractivity contribution >= 4 is 17.6 Å². The van der Waals surface area contributed by atoms with Crippen molar-refractivity contribution in [3.8, 4) is 11.5 Å². The van der Waals surface area contributed by atoms with E-state index in [0.717, 1.165) is 16.9 Å². The summed E-state index contributed by atoms with van der Waals surface area (Å²) in [4.78, 5) is 11.7. The highest BCUT2D eigenvalue weighted by atomic mass is 16.5. The smallest absolute Gasteiger partial charge is 0.336 e. The van der Waals surface area contributed by atoms with E-state index in [2.05, 4.69) is 0 Å². The first kappa shape index (κ1) is 16.6. The Morgan fingerprint density at radius 1 is 1.17 bits per heavy atom. The topological polar surface area (TPSA) is 55.8 Å². The molecule has 0 unspecified atom stereocenters. The molecule has 0 atom stereocenters. The minimum Gasteiger partial charge on any atom is -0.496 e. The van der Waals surface area contributed by atoms with E-state index in [0.29, 0.717) is 17.9 Å². The largest absolute Gasteiger partial charge is 0.496 e. The van der Waals surface area contributed by atoms with E-state index < -0.39 is 5.97 Å². The fourth-order valence-corrected chi connectivity index (χ4v) is 2.36. The molecule has 2 aromatic rings. The average Bonchev–Trinajstić information content (AvgIpc) is 2.54. The van der Waals surface area contributed by atoms with Gasteiger partial charge in [0.05, 0.1) is 19.3 Å². The number of ether oxygens (including phenoxy) is 2. The molecular formula is C19H20O4. The molecule has 0 spiro atoms. The van der Waals surface area contributed by atoms with Crippen molar-refractivity contribution in [2.24, 2.45) is 0 Å². The molecule has 0 radical (unpaired) electrons. The number of hydrogen-bond acceptors (Lipinski definition) is 3. The van der Waals surface area contributed by atoms with Gasteiger partial charge in [0, 0.05) is 5.56 Å². The third-order valence-electron chi connectivity index (χ3n) is 3.45. The van der Waals surface area contributed by atoms with Gasteiger partial charge in [-0.2, -0.15) is 0 Å². The lowest BCUT2D eigenvalue weighted by Gasteiger charge is -2.10. The summed E-state index contributed by atoms with van der Waals surface area (Å²) in [7, 11) is 1.59. The molecule has 0 saturated heterocycles. The van der Waals surface area contributed by atoms with E-state index in [4.69, 9.17) is 9.47 Å². The second-order valence-corrected chi connectivity index (χ2v) is 5.02. The van der Waals surface area contributed by atoms with E-state index >= 15 is 0 Å². The van der Waals surface area contributed by atoms with Crippen molar-refractivity contribution in [1.82, 2.24) is 0 Å². The number of carboxylic acid groups (broad SMARTS) is 1. The molecule has 0 fully saturated rings.